The third-order valence-electron chi connectivity index (χ3n) is 4.70. The molecule has 1 aromatic carbocycles. The molecule has 27 heavy (non-hydrogen) atoms. The van der Waals surface area contributed by atoms with Crippen LogP contribution in [0.15, 0.2) is 35.3 Å². The summed E-state index contributed by atoms with van der Waals surface area (Å²) in [5.41, 5.74) is 2.22. The number of nitrogens with zero attached hydrogens (tertiary/aromatic N) is 2. The monoisotopic (exact) mass is 371 g/mol. The molecule has 1 aliphatic rings. The van der Waals surface area contributed by atoms with Crippen LogP contribution in [0.3, 0.4) is 0 Å². The molecule has 7 nitrogen and oxygen atoms in total. The van der Waals surface area contributed by atoms with Crippen LogP contribution in [0.2, 0.25) is 0 Å². The van der Waals surface area contributed by atoms with Crippen molar-refractivity contribution in [3.63, 3.8) is 0 Å². The minimum Gasteiger partial charge on any atom is -0.450 e. The van der Waals surface area contributed by atoms with Gasteiger partial charge in [-0.15, -0.1) is 0 Å². The summed E-state index contributed by atoms with van der Waals surface area (Å²) in [6, 6.07) is 10.7. The number of aromatic nitrogens is 1. The predicted molar refractivity (Wildman–Crippen MR) is 108 cm³/mol. The van der Waals surface area contributed by atoms with E-state index in [9.17, 15) is 4.79 Å². The number of benzene rings is 1. The Kier molecular flexibility index (Phi) is 6.57. The molecule has 1 amide bonds. The van der Waals surface area contributed by atoms with Crippen molar-refractivity contribution in [3.05, 3.63) is 36.0 Å². The lowest BCUT2D eigenvalue weighted by Gasteiger charge is -2.32. The number of piperidine rings is 1. The molecule has 0 bridgehead atoms. The Morgan fingerprint density at radius 3 is 2.78 bits per heavy atom. The molecule has 7 heteroatoms. The summed E-state index contributed by atoms with van der Waals surface area (Å²) in [6.45, 7) is 7.12. The van der Waals surface area contributed by atoms with E-state index in [2.05, 4.69) is 40.7 Å². The quantitative estimate of drug-likeness (QED) is 0.558. The minimum atomic E-state index is -0.213. The average Bonchev–Trinajstić information content (AvgIpc) is 3.10. The van der Waals surface area contributed by atoms with Crippen molar-refractivity contribution in [2.75, 3.05) is 26.2 Å². The first kappa shape index (κ1) is 19.1. The van der Waals surface area contributed by atoms with Crippen molar-refractivity contribution in [1.29, 1.82) is 0 Å². The second-order valence-corrected chi connectivity index (χ2v) is 6.68. The number of ether oxygens (including phenoxy) is 1. The van der Waals surface area contributed by atoms with Gasteiger partial charge in [-0.2, -0.15) is 0 Å². The van der Waals surface area contributed by atoms with Gasteiger partial charge in [0.25, 0.3) is 0 Å². The van der Waals surface area contributed by atoms with Crippen molar-refractivity contribution in [1.82, 2.24) is 20.5 Å². The highest BCUT2D eigenvalue weighted by molar-refractivity contribution is 5.81. The van der Waals surface area contributed by atoms with Gasteiger partial charge >= 0.3 is 6.09 Å². The summed E-state index contributed by atoms with van der Waals surface area (Å²) in [5, 5.41) is 8.01. The molecule has 1 aromatic heterocycles. The van der Waals surface area contributed by atoms with Crippen LogP contribution in [0.5, 0.6) is 0 Å². The van der Waals surface area contributed by atoms with Crippen LogP contribution in [-0.4, -0.2) is 54.2 Å². The lowest BCUT2D eigenvalue weighted by molar-refractivity contribution is 0.0963. The zero-order valence-corrected chi connectivity index (χ0v) is 16.1. The number of rotatable bonds is 5. The van der Waals surface area contributed by atoms with E-state index in [-0.39, 0.29) is 6.09 Å². The third-order valence-corrected chi connectivity index (χ3v) is 4.70. The largest absolute Gasteiger partial charge is 0.450 e. The van der Waals surface area contributed by atoms with Gasteiger partial charge in [-0.1, -0.05) is 18.2 Å². The Morgan fingerprint density at radius 1 is 1.30 bits per heavy atom. The van der Waals surface area contributed by atoms with Crippen LogP contribution in [0, 0.1) is 0 Å². The predicted octanol–water partition coefficient (Wildman–Crippen LogP) is 2.84. The molecule has 1 fully saturated rings. The molecular weight excluding hydrogens is 342 g/mol. The Labute approximate surface area is 160 Å². The Hall–Kier alpha value is -2.70. The second-order valence-electron chi connectivity index (χ2n) is 6.68. The molecule has 2 aromatic rings. The fourth-order valence-electron chi connectivity index (χ4n) is 3.32. The fraction of sp³-hybridized carbons (Fsp3) is 0.500. The molecule has 0 saturated carbocycles. The first-order valence-electron chi connectivity index (χ1n) is 9.72. The van der Waals surface area contributed by atoms with Gasteiger partial charge in [-0.3, -0.25) is 0 Å². The number of carbonyl (C=O) groups is 1. The van der Waals surface area contributed by atoms with Crippen LogP contribution < -0.4 is 10.6 Å². The van der Waals surface area contributed by atoms with E-state index in [0.717, 1.165) is 36.6 Å². The van der Waals surface area contributed by atoms with Gasteiger partial charge in [0.05, 0.1) is 13.2 Å². The van der Waals surface area contributed by atoms with E-state index in [1.54, 1.807) is 4.90 Å². The zero-order chi connectivity index (χ0) is 19.1. The van der Waals surface area contributed by atoms with Crippen LogP contribution >= 0.6 is 0 Å². The smallest absolute Gasteiger partial charge is 0.409 e. The van der Waals surface area contributed by atoms with Gasteiger partial charge in [0.15, 0.2) is 5.96 Å². The molecule has 3 rings (SSSR count). The molecule has 3 N–H and O–H groups in total. The maximum absolute atomic E-state index is 11.8. The highest BCUT2D eigenvalue weighted by Crippen LogP contribution is 2.15. The number of hydrogen-bond donors (Lipinski definition) is 3. The highest BCUT2D eigenvalue weighted by Gasteiger charge is 2.24. The number of fused-ring (bicyclic) bond motifs is 1. The van der Waals surface area contributed by atoms with Gasteiger partial charge < -0.3 is 25.3 Å². The summed E-state index contributed by atoms with van der Waals surface area (Å²) in [7, 11) is 0. The Balaban J connectivity index is 1.55. The number of para-hydroxylation sites is 1. The topological polar surface area (TPSA) is 81.8 Å². The summed E-state index contributed by atoms with van der Waals surface area (Å²) < 4.78 is 5.08. The normalized spacial score (nSPS) is 15.8. The van der Waals surface area contributed by atoms with Gasteiger partial charge in [0, 0.05) is 36.9 Å². The van der Waals surface area contributed by atoms with E-state index < -0.39 is 0 Å². The van der Waals surface area contributed by atoms with Crippen molar-refractivity contribution < 1.29 is 9.53 Å². The number of aliphatic imine (C=N–C) groups is 1. The lowest BCUT2D eigenvalue weighted by atomic mass is 10.1. The van der Waals surface area contributed by atoms with Crippen molar-refractivity contribution in [2.24, 2.45) is 4.99 Å². The van der Waals surface area contributed by atoms with Crippen molar-refractivity contribution in [3.8, 4) is 0 Å². The molecular formula is C20H29N5O2. The molecule has 0 atom stereocenters. The number of hydrogen-bond acceptors (Lipinski definition) is 3. The molecule has 0 spiro atoms. The number of amides is 1. The Morgan fingerprint density at radius 2 is 2.07 bits per heavy atom. The summed E-state index contributed by atoms with van der Waals surface area (Å²) in [6.07, 6.45) is 1.56. The number of H-pyrrole nitrogens is 1. The SMILES string of the molecule is CCNC(=NCc1cc2ccccc2[nH]1)NC1CCN(C(=O)OCC)CC1. The molecule has 1 aliphatic heterocycles. The van der Waals surface area contributed by atoms with E-state index in [1.807, 2.05) is 19.1 Å². The first-order chi connectivity index (χ1) is 13.2. The molecule has 0 radical (unpaired) electrons. The van der Waals surface area contributed by atoms with E-state index >= 15 is 0 Å². The molecule has 0 unspecified atom stereocenters. The standard InChI is InChI=1S/C20H29N5O2/c1-3-21-19(22-14-17-13-15-7-5-6-8-18(15)23-17)24-16-9-11-25(12-10-16)20(26)27-4-2/h5-8,13,16,23H,3-4,9-12,14H2,1-2H3,(H2,21,22,24). The highest BCUT2D eigenvalue weighted by atomic mass is 16.6. The molecule has 146 valence electrons. The average molecular weight is 371 g/mol. The van der Waals surface area contributed by atoms with Gasteiger partial charge in [0.2, 0.25) is 0 Å². The van der Waals surface area contributed by atoms with Crippen LogP contribution in [-0.2, 0) is 11.3 Å². The minimum absolute atomic E-state index is 0.213. The first-order valence-corrected chi connectivity index (χ1v) is 9.72. The molecule has 1 saturated heterocycles. The van der Waals surface area contributed by atoms with Crippen LogP contribution in [0.25, 0.3) is 10.9 Å². The lowest BCUT2D eigenvalue weighted by Crippen LogP contribution is -2.49. The maximum atomic E-state index is 11.8. The zero-order valence-electron chi connectivity index (χ0n) is 16.1. The number of likely N-dealkylation sites (tertiary alicyclic amines) is 1. The number of nitrogens with one attached hydrogen (secondary N) is 3. The van der Waals surface area contributed by atoms with Gasteiger partial charge in [-0.05, 0) is 44.2 Å². The summed E-state index contributed by atoms with van der Waals surface area (Å²) in [5.74, 6) is 0.811. The number of aromatic amines is 1. The van der Waals surface area contributed by atoms with E-state index in [1.165, 1.54) is 5.39 Å². The fourth-order valence-corrected chi connectivity index (χ4v) is 3.32. The van der Waals surface area contributed by atoms with Gasteiger partial charge in [-0.25, -0.2) is 9.79 Å². The molecule has 0 aliphatic carbocycles. The second kappa shape index (κ2) is 9.30. The Bertz CT molecular complexity index is 745. The van der Waals surface area contributed by atoms with Crippen LogP contribution in [0.1, 0.15) is 32.4 Å². The maximum Gasteiger partial charge on any atom is 0.409 e. The van der Waals surface area contributed by atoms with E-state index in [0.29, 0.717) is 32.3 Å². The third kappa shape index (κ3) is 5.15. The number of carbonyl (C=O) groups excluding carboxylic acids is 1. The van der Waals surface area contributed by atoms with E-state index in [4.69, 9.17) is 9.73 Å². The summed E-state index contributed by atoms with van der Waals surface area (Å²) in [4.78, 5) is 21.7. The van der Waals surface area contributed by atoms with Gasteiger partial charge in [0.1, 0.15) is 0 Å². The summed E-state index contributed by atoms with van der Waals surface area (Å²) >= 11 is 0. The van der Waals surface area contributed by atoms with Crippen LogP contribution in [0.4, 0.5) is 4.79 Å². The van der Waals surface area contributed by atoms with Crippen molar-refractivity contribution >= 4 is 23.0 Å². The van der Waals surface area contributed by atoms with Crippen molar-refractivity contribution in [2.45, 2.75) is 39.3 Å². The molecule has 2 heterocycles. The number of guanidine groups is 1.